The SMILES string of the molecule is C/C=C/C(=O)NCCCC[C@H](NC(=O)CNC(=O)[C@H](CC(C)C)NC)C(=O)C(C)C. The molecule has 0 aliphatic heterocycles. The van der Waals surface area contributed by atoms with Crippen molar-refractivity contribution in [3.8, 4) is 0 Å². The molecule has 0 aliphatic rings. The molecular weight excluding hydrogens is 384 g/mol. The molecule has 8 nitrogen and oxygen atoms in total. The van der Waals surface area contributed by atoms with Crippen LogP contribution >= 0.6 is 0 Å². The molecule has 0 aromatic carbocycles. The number of likely N-dealkylation sites (N-methyl/N-ethyl adjacent to an activating group) is 1. The van der Waals surface area contributed by atoms with Crippen LogP contribution in [0.4, 0.5) is 0 Å². The van der Waals surface area contributed by atoms with Crippen LogP contribution in [0.5, 0.6) is 0 Å². The van der Waals surface area contributed by atoms with E-state index in [9.17, 15) is 19.2 Å². The minimum Gasteiger partial charge on any atom is -0.353 e. The predicted molar refractivity (Wildman–Crippen MR) is 119 cm³/mol. The van der Waals surface area contributed by atoms with Crippen molar-refractivity contribution >= 4 is 23.5 Å². The van der Waals surface area contributed by atoms with Crippen LogP contribution in [0.1, 0.15) is 60.3 Å². The molecule has 3 amide bonds. The smallest absolute Gasteiger partial charge is 0.243 e. The molecule has 172 valence electrons. The van der Waals surface area contributed by atoms with Gasteiger partial charge in [-0.3, -0.25) is 19.2 Å². The topological polar surface area (TPSA) is 116 Å². The molecule has 0 bridgehead atoms. The quantitative estimate of drug-likeness (QED) is 0.234. The summed E-state index contributed by atoms with van der Waals surface area (Å²) in [5.74, 6) is -0.667. The molecule has 4 N–H and O–H groups in total. The molecule has 0 saturated carbocycles. The fourth-order valence-electron chi connectivity index (χ4n) is 2.95. The summed E-state index contributed by atoms with van der Waals surface area (Å²) < 4.78 is 0. The molecule has 0 heterocycles. The van der Waals surface area contributed by atoms with Crippen LogP contribution in [0.3, 0.4) is 0 Å². The van der Waals surface area contributed by atoms with Gasteiger partial charge < -0.3 is 21.3 Å². The minimum atomic E-state index is -0.601. The van der Waals surface area contributed by atoms with Crippen molar-refractivity contribution in [3.05, 3.63) is 12.2 Å². The lowest BCUT2D eigenvalue weighted by Gasteiger charge is -2.21. The van der Waals surface area contributed by atoms with Crippen LogP contribution in [0.15, 0.2) is 12.2 Å². The second-order valence-corrected chi connectivity index (χ2v) is 8.15. The largest absolute Gasteiger partial charge is 0.353 e. The zero-order chi connectivity index (χ0) is 23.1. The maximum absolute atomic E-state index is 12.5. The molecular formula is C22H40N4O4. The Morgan fingerprint density at radius 1 is 0.933 bits per heavy atom. The summed E-state index contributed by atoms with van der Waals surface area (Å²) >= 11 is 0. The molecule has 0 spiro atoms. The zero-order valence-electron chi connectivity index (χ0n) is 19.3. The van der Waals surface area contributed by atoms with Gasteiger partial charge in [0.2, 0.25) is 17.7 Å². The van der Waals surface area contributed by atoms with Crippen molar-refractivity contribution < 1.29 is 19.2 Å². The Hall–Kier alpha value is -2.22. The molecule has 2 atom stereocenters. The van der Waals surface area contributed by atoms with Gasteiger partial charge >= 0.3 is 0 Å². The first-order chi connectivity index (χ1) is 14.1. The third-order valence-electron chi connectivity index (χ3n) is 4.58. The number of amides is 3. The van der Waals surface area contributed by atoms with E-state index in [-0.39, 0.29) is 42.0 Å². The molecule has 30 heavy (non-hydrogen) atoms. The van der Waals surface area contributed by atoms with Crippen molar-refractivity contribution in [1.29, 1.82) is 0 Å². The number of hydrogen-bond donors (Lipinski definition) is 4. The van der Waals surface area contributed by atoms with Gasteiger partial charge in [-0.25, -0.2) is 0 Å². The molecule has 0 unspecified atom stereocenters. The standard InChI is InChI=1S/C22H40N4O4/c1-7-10-19(27)24-12-9-8-11-17(21(29)16(4)5)26-20(28)14-25-22(30)18(23-6)13-15(2)3/h7,10,15-18,23H,8-9,11-14H2,1-6H3,(H,24,27)(H,25,30)(H,26,28)/b10-7+/t17-,18-/m0/s1. The van der Waals surface area contributed by atoms with Crippen LogP contribution in [-0.4, -0.2) is 55.7 Å². The Bertz CT molecular complexity index is 588. The summed E-state index contributed by atoms with van der Waals surface area (Å²) in [4.78, 5) is 48.4. The van der Waals surface area contributed by atoms with Gasteiger partial charge in [0.25, 0.3) is 0 Å². The highest BCUT2D eigenvalue weighted by molar-refractivity contribution is 5.92. The first-order valence-electron chi connectivity index (χ1n) is 10.8. The second kappa shape index (κ2) is 15.6. The molecule has 0 aromatic heterocycles. The Morgan fingerprint density at radius 2 is 1.60 bits per heavy atom. The van der Waals surface area contributed by atoms with Crippen LogP contribution in [0.25, 0.3) is 0 Å². The lowest BCUT2D eigenvalue weighted by Crippen LogP contribution is -2.50. The average Bonchev–Trinajstić information content (AvgIpc) is 2.68. The maximum atomic E-state index is 12.5. The molecule has 8 heteroatoms. The van der Waals surface area contributed by atoms with E-state index >= 15 is 0 Å². The van der Waals surface area contributed by atoms with E-state index in [1.165, 1.54) is 6.08 Å². The molecule has 0 fully saturated rings. The highest BCUT2D eigenvalue weighted by atomic mass is 16.2. The molecule has 0 saturated heterocycles. The normalized spacial score (nSPS) is 13.3. The van der Waals surface area contributed by atoms with Crippen LogP contribution in [-0.2, 0) is 19.2 Å². The summed E-state index contributed by atoms with van der Waals surface area (Å²) in [5, 5.41) is 11.1. The fraction of sp³-hybridized carbons (Fsp3) is 0.727. The van der Waals surface area contributed by atoms with Gasteiger partial charge in [0.05, 0.1) is 18.6 Å². The van der Waals surface area contributed by atoms with E-state index < -0.39 is 6.04 Å². The minimum absolute atomic E-state index is 0.0412. The van der Waals surface area contributed by atoms with Crippen molar-refractivity contribution in [2.24, 2.45) is 11.8 Å². The van der Waals surface area contributed by atoms with E-state index in [0.29, 0.717) is 38.1 Å². The maximum Gasteiger partial charge on any atom is 0.243 e. The first-order valence-corrected chi connectivity index (χ1v) is 10.8. The van der Waals surface area contributed by atoms with E-state index in [2.05, 4.69) is 21.3 Å². The van der Waals surface area contributed by atoms with Gasteiger partial charge in [0.1, 0.15) is 0 Å². The van der Waals surface area contributed by atoms with Gasteiger partial charge in [0, 0.05) is 12.5 Å². The van der Waals surface area contributed by atoms with E-state index in [0.717, 1.165) is 0 Å². The average molecular weight is 425 g/mol. The summed E-state index contributed by atoms with van der Waals surface area (Å²) in [6.07, 6.45) is 5.67. The molecule has 0 aromatic rings. The number of unbranched alkanes of at least 4 members (excludes halogenated alkanes) is 1. The number of ketones is 1. The number of allylic oxidation sites excluding steroid dienone is 1. The number of rotatable bonds is 15. The second-order valence-electron chi connectivity index (χ2n) is 8.15. The number of hydrogen-bond acceptors (Lipinski definition) is 5. The highest BCUT2D eigenvalue weighted by Crippen LogP contribution is 2.08. The van der Waals surface area contributed by atoms with Crippen molar-refractivity contribution in [2.45, 2.75) is 72.4 Å². The summed E-state index contributed by atoms with van der Waals surface area (Å²) in [6, 6.07) is -0.958. The number of nitrogens with one attached hydrogen (secondary N) is 4. The molecule has 0 aliphatic carbocycles. The van der Waals surface area contributed by atoms with Gasteiger partial charge in [-0.1, -0.05) is 33.8 Å². The van der Waals surface area contributed by atoms with E-state index in [1.807, 2.05) is 13.8 Å². The van der Waals surface area contributed by atoms with E-state index in [1.54, 1.807) is 33.9 Å². The Labute approximate surface area is 181 Å². The van der Waals surface area contributed by atoms with Crippen molar-refractivity contribution in [1.82, 2.24) is 21.3 Å². The fourth-order valence-corrected chi connectivity index (χ4v) is 2.95. The highest BCUT2D eigenvalue weighted by Gasteiger charge is 2.24. The number of Topliss-reactive ketones (excluding diaryl/α,β-unsaturated/α-hetero) is 1. The predicted octanol–water partition coefficient (Wildman–Crippen LogP) is 1.31. The van der Waals surface area contributed by atoms with Crippen molar-refractivity contribution in [2.75, 3.05) is 20.1 Å². The monoisotopic (exact) mass is 424 g/mol. The van der Waals surface area contributed by atoms with Crippen LogP contribution in [0.2, 0.25) is 0 Å². The third-order valence-corrected chi connectivity index (χ3v) is 4.58. The van der Waals surface area contributed by atoms with Crippen LogP contribution in [0, 0.1) is 11.8 Å². The third kappa shape index (κ3) is 12.4. The van der Waals surface area contributed by atoms with E-state index in [4.69, 9.17) is 0 Å². The first kappa shape index (κ1) is 27.8. The molecule has 0 rings (SSSR count). The number of carbonyl (C=O) groups excluding carboxylic acids is 4. The van der Waals surface area contributed by atoms with Crippen molar-refractivity contribution in [3.63, 3.8) is 0 Å². The van der Waals surface area contributed by atoms with Gasteiger partial charge in [0.15, 0.2) is 5.78 Å². The summed E-state index contributed by atoms with van der Waals surface area (Å²) in [6.45, 7) is 9.76. The number of carbonyl (C=O) groups is 4. The zero-order valence-corrected chi connectivity index (χ0v) is 19.3. The van der Waals surface area contributed by atoms with Gasteiger partial charge in [-0.05, 0) is 51.6 Å². The summed E-state index contributed by atoms with van der Waals surface area (Å²) in [7, 11) is 1.71. The van der Waals surface area contributed by atoms with Gasteiger partial charge in [-0.15, -0.1) is 0 Å². The summed E-state index contributed by atoms with van der Waals surface area (Å²) in [5.41, 5.74) is 0. The molecule has 0 radical (unpaired) electrons. The Balaban J connectivity index is 4.56. The lowest BCUT2D eigenvalue weighted by atomic mass is 9.97. The Kier molecular flexibility index (Phi) is 14.4. The van der Waals surface area contributed by atoms with Gasteiger partial charge in [-0.2, -0.15) is 0 Å². The lowest BCUT2D eigenvalue weighted by molar-refractivity contribution is -0.130. The Morgan fingerprint density at radius 3 is 2.13 bits per heavy atom. The van der Waals surface area contributed by atoms with Crippen LogP contribution < -0.4 is 21.3 Å².